The number of halogens is 3. The summed E-state index contributed by atoms with van der Waals surface area (Å²) >= 11 is 1.17. The number of pyridine rings is 1. The molecule has 2 aromatic rings. The van der Waals surface area contributed by atoms with E-state index < -0.39 is 12.1 Å². The van der Waals surface area contributed by atoms with Crippen LogP contribution in [0.2, 0.25) is 0 Å². The maximum absolute atomic E-state index is 12.0. The van der Waals surface area contributed by atoms with E-state index in [1.807, 2.05) is 5.32 Å². The van der Waals surface area contributed by atoms with Crippen molar-refractivity contribution in [1.29, 1.82) is 0 Å². The summed E-state index contributed by atoms with van der Waals surface area (Å²) in [6.07, 6.45) is -3.34. The summed E-state index contributed by atoms with van der Waals surface area (Å²) in [4.78, 5) is 15.3. The van der Waals surface area contributed by atoms with Crippen LogP contribution in [0.15, 0.2) is 23.7 Å². The van der Waals surface area contributed by atoms with Crippen LogP contribution < -0.4 is 5.32 Å². The SMILES string of the molecule is O=C(Nc1csc2ncccc12)C(F)(F)F. The summed E-state index contributed by atoms with van der Waals surface area (Å²) in [5.74, 6) is -1.98. The lowest BCUT2D eigenvalue weighted by atomic mass is 10.3. The van der Waals surface area contributed by atoms with E-state index in [0.717, 1.165) is 0 Å². The van der Waals surface area contributed by atoms with Crippen molar-refractivity contribution in [3.8, 4) is 0 Å². The Kier molecular flexibility index (Phi) is 2.55. The largest absolute Gasteiger partial charge is 0.471 e. The van der Waals surface area contributed by atoms with Crippen molar-refractivity contribution >= 4 is 33.1 Å². The molecule has 2 rings (SSSR count). The van der Waals surface area contributed by atoms with E-state index in [4.69, 9.17) is 0 Å². The number of anilines is 1. The third-order valence-electron chi connectivity index (χ3n) is 1.86. The Hall–Kier alpha value is -1.63. The van der Waals surface area contributed by atoms with E-state index in [1.54, 1.807) is 12.1 Å². The van der Waals surface area contributed by atoms with Gasteiger partial charge in [0.1, 0.15) is 4.83 Å². The number of carbonyl (C=O) groups is 1. The molecule has 0 aliphatic heterocycles. The van der Waals surface area contributed by atoms with Gasteiger partial charge in [0.2, 0.25) is 0 Å². The second kappa shape index (κ2) is 3.75. The van der Waals surface area contributed by atoms with Crippen LogP contribution >= 0.6 is 11.3 Å². The Bertz CT molecular complexity index is 535. The second-order valence-corrected chi connectivity index (χ2v) is 3.82. The molecule has 0 aliphatic carbocycles. The first-order valence-corrected chi connectivity index (χ1v) is 5.07. The zero-order valence-corrected chi connectivity index (χ0v) is 8.52. The molecule has 7 heteroatoms. The molecule has 0 bridgehead atoms. The van der Waals surface area contributed by atoms with E-state index in [9.17, 15) is 18.0 Å². The van der Waals surface area contributed by atoms with Gasteiger partial charge in [-0.1, -0.05) is 0 Å². The number of fused-ring (bicyclic) bond motifs is 1. The van der Waals surface area contributed by atoms with Gasteiger partial charge in [-0.25, -0.2) is 4.98 Å². The highest BCUT2D eigenvalue weighted by Gasteiger charge is 2.38. The number of alkyl halides is 3. The Morgan fingerprint density at radius 1 is 1.44 bits per heavy atom. The molecule has 0 aliphatic rings. The molecule has 0 atom stereocenters. The number of thiophene rings is 1. The van der Waals surface area contributed by atoms with Crippen LogP contribution in [0, 0.1) is 0 Å². The molecule has 0 fully saturated rings. The van der Waals surface area contributed by atoms with Gasteiger partial charge in [0, 0.05) is 17.0 Å². The van der Waals surface area contributed by atoms with Crippen LogP contribution in [-0.4, -0.2) is 17.1 Å². The van der Waals surface area contributed by atoms with E-state index in [0.29, 0.717) is 10.2 Å². The minimum atomic E-state index is -4.88. The molecule has 84 valence electrons. The average molecular weight is 246 g/mol. The van der Waals surface area contributed by atoms with Gasteiger partial charge in [0.05, 0.1) is 5.69 Å². The lowest BCUT2D eigenvalue weighted by Crippen LogP contribution is -2.29. The second-order valence-electron chi connectivity index (χ2n) is 2.96. The maximum Gasteiger partial charge on any atom is 0.471 e. The fraction of sp³-hybridized carbons (Fsp3) is 0.111. The van der Waals surface area contributed by atoms with E-state index in [2.05, 4.69) is 4.98 Å². The van der Waals surface area contributed by atoms with E-state index in [1.165, 1.54) is 22.9 Å². The monoisotopic (exact) mass is 246 g/mol. The fourth-order valence-corrected chi connectivity index (χ4v) is 2.00. The number of amides is 1. The van der Waals surface area contributed by atoms with E-state index >= 15 is 0 Å². The number of aromatic nitrogens is 1. The maximum atomic E-state index is 12.0. The van der Waals surface area contributed by atoms with Gasteiger partial charge >= 0.3 is 12.1 Å². The zero-order chi connectivity index (χ0) is 11.8. The molecule has 2 aromatic heterocycles. The summed E-state index contributed by atoms with van der Waals surface area (Å²) in [6, 6.07) is 3.20. The first-order valence-electron chi connectivity index (χ1n) is 4.19. The molecular formula is C9H5F3N2OS. The molecule has 0 saturated heterocycles. The smallest absolute Gasteiger partial charge is 0.317 e. The van der Waals surface area contributed by atoms with E-state index in [-0.39, 0.29) is 5.69 Å². The lowest BCUT2D eigenvalue weighted by Gasteiger charge is -2.06. The number of hydrogen-bond acceptors (Lipinski definition) is 3. The molecular weight excluding hydrogens is 241 g/mol. The first-order chi connectivity index (χ1) is 7.48. The van der Waals surface area contributed by atoms with Crippen LogP contribution in [0.4, 0.5) is 18.9 Å². The summed E-state index contributed by atoms with van der Waals surface area (Å²) in [7, 11) is 0. The van der Waals surface area contributed by atoms with Crippen LogP contribution in [-0.2, 0) is 4.79 Å². The highest BCUT2D eigenvalue weighted by molar-refractivity contribution is 7.17. The van der Waals surface area contributed by atoms with Crippen molar-refractivity contribution in [1.82, 2.24) is 4.98 Å². The summed E-state index contributed by atoms with van der Waals surface area (Å²) in [5.41, 5.74) is 0.135. The summed E-state index contributed by atoms with van der Waals surface area (Å²) in [5, 5.41) is 3.75. The first kappa shape index (κ1) is 10.9. The topological polar surface area (TPSA) is 42.0 Å². The van der Waals surface area contributed by atoms with Crippen LogP contribution in [0.3, 0.4) is 0 Å². The van der Waals surface area contributed by atoms with Crippen LogP contribution in [0.25, 0.3) is 10.2 Å². The molecule has 3 nitrogen and oxygen atoms in total. The van der Waals surface area contributed by atoms with Gasteiger partial charge in [-0.3, -0.25) is 4.79 Å². The number of nitrogens with one attached hydrogen (secondary N) is 1. The standard InChI is InChI=1S/C9H5F3N2OS/c10-9(11,12)8(15)14-6-4-16-7-5(6)2-1-3-13-7/h1-4H,(H,14,15). The number of hydrogen-bond donors (Lipinski definition) is 1. The van der Waals surface area contributed by atoms with Crippen molar-refractivity contribution in [2.75, 3.05) is 5.32 Å². The molecule has 0 unspecified atom stereocenters. The molecule has 0 radical (unpaired) electrons. The predicted octanol–water partition coefficient (Wildman–Crippen LogP) is 2.80. The molecule has 2 heterocycles. The Balaban J connectivity index is 2.32. The highest BCUT2D eigenvalue weighted by atomic mass is 32.1. The fourth-order valence-electron chi connectivity index (χ4n) is 1.16. The van der Waals surface area contributed by atoms with Crippen molar-refractivity contribution < 1.29 is 18.0 Å². The molecule has 1 N–H and O–H groups in total. The van der Waals surface area contributed by atoms with Gasteiger partial charge < -0.3 is 5.32 Å². The van der Waals surface area contributed by atoms with Gasteiger partial charge in [-0.2, -0.15) is 13.2 Å². The Labute approximate surface area is 91.9 Å². The molecule has 1 amide bonds. The van der Waals surface area contributed by atoms with Gasteiger partial charge in [-0.05, 0) is 12.1 Å². The molecule has 0 aromatic carbocycles. The quantitative estimate of drug-likeness (QED) is 0.840. The van der Waals surface area contributed by atoms with Gasteiger partial charge in [-0.15, -0.1) is 11.3 Å². The zero-order valence-electron chi connectivity index (χ0n) is 7.71. The molecule has 0 saturated carbocycles. The van der Waals surface area contributed by atoms with Crippen molar-refractivity contribution in [3.63, 3.8) is 0 Å². The third-order valence-corrected chi connectivity index (χ3v) is 2.76. The van der Waals surface area contributed by atoms with Crippen molar-refractivity contribution in [2.45, 2.75) is 6.18 Å². The number of rotatable bonds is 1. The predicted molar refractivity (Wildman–Crippen MR) is 54.3 cm³/mol. The average Bonchev–Trinajstić information content (AvgIpc) is 2.61. The van der Waals surface area contributed by atoms with Gasteiger partial charge in [0.15, 0.2) is 0 Å². The summed E-state index contributed by atoms with van der Waals surface area (Å²) in [6.45, 7) is 0. The third kappa shape index (κ3) is 1.99. The number of nitrogens with zero attached hydrogens (tertiary/aromatic N) is 1. The molecule has 0 spiro atoms. The molecule has 16 heavy (non-hydrogen) atoms. The Morgan fingerprint density at radius 3 is 2.88 bits per heavy atom. The summed E-state index contributed by atoms with van der Waals surface area (Å²) < 4.78 is 36.1. The number of carbonyl (C=O) groups excluding carboxylic acids is 1. The normalized spacial score (nSPS) is 11.7. The minimum Gasteiger partial charge on any atom is -0.317 e. The highest BCUT2D eigenvalue weighted by Crippen LogP contribution is 2.29. The minimum absolute atomic E-state index is 0.135. The van der Waals surface area contributed by atoms with Crippen molar-refractivity contribution in [3.05, 3.63) is 23.7 Å². The Morgan fingerprint density at radius 2 is 2.19 bits per heavy atom. The van der Waals surface area contributed by atoms with Gasteiger partial charge in [0.25, 0.3) is 0 Å². The van der Waals surface area contributed by atoms with Crippen LogP contribution in [0.1, 0.15) is 0 Å². The van der Waals surface area contributed by atoms with Crippen LogP contribution in [0.5, 0.6) is 0 Å². The lowest BCUT2D eigenvalue weighted by molar-refractivity contribution is -0.167. The van der Waals surface area contributed by atoms with Crippen molar-refractivity contribution in [2.24, 2.45) is 0 Å².